The smallest absolute Gasteiger partial charge is 0.224 e. The summed E-state index contributed by atoms with van der Waals surface area (Å²) in [5, 5.41) is 0. The first kappa shape index (κ1) is 24.9. The van der Waals surface area contributed by atoms with E-state index in [-0.39, 0.29) is 5.95 Å². The van der Waals surface area contributed by atoms with Gasteiger partial charge >= 0.3 is 0 Å². The number of aryl methyl sites for hydroxylation is 2. The predicted octanol–water partition coefficient (Wildman–Crippen LogP) is 8.72. The molecule has 1 aliphatic carbocycles. The van der Waals surface area contributed by atoms with Gasteiger partial charge in [-0.25, -0.2) is 9.97 Å². The Kier molecular flexibility index (Phi) is 10.6. The third kappa shape index (κ3) is 7.98. The summed E-state index contributed by atoms with van der Waals surface area (Å²) >= 11 is 0. The second-order valence-corrected chi connectivity index (χ2v) is 9.92. The zero-order valence-corrected chi connectivity index (χ0v) is 20.4. The van der Waals surface area contributed by atoms with Crippen molar-refractivity contribution in [1.29, 1.82) is 0 Å². The van der Waals surface area contributed by atoms with E-state index in [1.165, 1.54) is 82.6 Å². The number of benzene rings is 1. The molecular weight excluding hydrogens is 395 g/mol. The quantitative estimate of drug-likeness (QED) is 0.231. The summed E-state index contributed by atoms with van der Waals surface area (Å²) < 4.78 is 14.7. The van der Waals surface area contributed by atoms with Crippen LogP contribution in [0, 0.1) is 17.8 Å². The van der Waals surface area contributed by atoms with Gasteiger partial charge in [0, 0.05) is 12.6 Å². The molecule has 0 atom stereocenters. The van der Waals surface area contributed by atoms with Crippen molar-refractivity contribution in [3.8, 4) is 11.1 Å². The number of rotatable bonds is 13. The van der Waals surface area contributed by atoms with Crippen molar-refractivity contribution in [2.75, 3.05) is 0 Å². The fourth-order valence-corrected chi connectivity index (χ4v) is 5.13. The van der Waals surface area contributed by atoms with Crippen molar-refractivity contribution in [3.05, 3.63) is 47.8 Å². The lowest BCUT2D eigenvalue weighted by Crippen LogP contribution is -2.15. The van der Waals surface area contributed by atoms with Crippen LogP contribution in [-0.4, -0.2) is 9.97 Å². The Morgan fingerprint density at radius 1 is 0.781 bits per heavy atom. The molecule has 1 aliphatic rings. The summed E-state index contributed by atoms with van der Waals surface area (Å²) in [7, 11) is 0. The first-order valence-corrected chi connectivity index (χ1v) is 13.3. The molecule has 0 saturated heterocycles. The molecule has 0 N–H and O–H groups in total. The Hall–Kier alpha value is -1.77. The minimum Gasteiger partial charge on any atom is -0.241 e. The maximum Gasteiger partial charge on any atom is 0.224 e. The molecule has 0 unspecified atom stereocenters. The van der Waals surface area contributed by atoms with Gasteiger partial charge < -0.3 is 0 Å². The zero-order chi connectivity index (χ0) is 22.6. The number of halogens is 1. The van der Waals surface area contributed by atoms with Gasteiger partial charge in [0.2, 0.25) is 5.95 Å². The molecule has 3 heteroatoms. The number of nitrogens with zero attached hydrogens (tertiary/aromatic N) is 2. The second-order valence-electron chi connectivity index (χ2n) is 9.92. The van der Waals surface area contributed by atoms with E-state index in [0.717, 1.165) is 36.7 Å². The van der Waals surface area contributed by atoms with Crippen molar-refractivity contribution in [2.45, 2.75) is 110 Å². The van der Waals surface area contributed by atoms with E-state index in [0.29, 0.717) is 11.4 Å². The van der Waals surface area contributed by atoms with Gasteiger partial charge in [-0.15, -0.1) is 0 Å². The molecule has 1 heterocycles. The number of hydrogen-bond acceptors (Lipinski definition) is 2. The fourth-order valence-electron chi connectivity index (χ4n) is 5.13. The van der Waals surface area contributed by atoms with Crippen molar-refractivity contribution >= 4 is 0 Å². The van der Waals surface area contributed by atoms with Crippen LogP contribution in [0.2, 0.25) is 0 Å². The molecule has 0 spiro atoms. The molecule has 0 radical (unpaired) electrons. The average molecular weight is 439 g/mol. The number of aromatic nitrogens is 2. The van der Waals surface area contributed by atoms with Crippen LogP contribution in [0.3, 0.4) is 0 Å². The Balaban J connectivity index is 1.45. The van der Waals surface area contributed by atoms with Gasteiger partial charge in [0.1, 0.15) is 5.82 Å². The molecule has 2 nitrogen and oxygen atoms in total. The molecular formula is C29H43FN2. The Labute approximate surface area is 195 Å². The summed E-state index contributed by atoms with van der Waals surface area (Å²) in [4.78, 5) is 8.72. The zero-order valence-electron chi connectivity index (χ0n) is 20.4. The summed E-state index contributed by atoms with van der Waals surface area (Å²) in [6.07, 6.45) is 20.6. The molecule has 1 aromatic carbocycles. The van der Waals surface area contributed by atoms with E-state index >= 15 is 0 Å². The molecule has 176 valence electrons. The van der Waals surface area contributed by atoms with Gasteiger partial charge in [0.15, 0.2) is 0 Å². The van der Waals surface area contributed by atoms with E-state index < -0.39 is 0 Å². The van der Waals surface area contributed by atoms with Gasteiger partial charge in [-0.05, 0) is 42.2 Å². The molecule has 2 aromatic rings. The molecule has 0 amide bonds. The van der Waals surface area contributed by atoms with E-state index in [1.54, 1.807) is 6.20 Å². The summed E-state index contributed by atoms with van der Waals surface area (Å²) in [6, 6.07) is 8.28. The van der Waals surface area contributed by atoms with Crippen molar-refractivity contribution in [3.63, 3.8) is 0 Å². The molecule has 0 aliphatic heterocycles. The molecule has 32 heavy (non-hydrogen) atoms. The standard InChI is InChI=1S/C29H43FN2/c1-3-5-7-8-9-11-24-16-19-26(20-17-24)27-22-31-28(32-29(27)30)21-18-25-14-12-23(13-15-25)10-6-4-2/h16-17,19-20,22-23,25H,3-15,18,21H2,1-2H3. The van der Waals surface area contributed by atoms with Crippen LogP contribution in [-0.2, 0) is 12.8 Å². The second kappa shape index (κ2) is 13.7. The highest BCUT2D eigenvalue weighted by Crippen LogP contribution is 2.34. The first-order chi connectivity index (χ1) is 15.7. The van der Waals surface area contributed by atoms with Crippen LogP contribution in [0.15, 0.2) is 30.5 Å². The third-order valence-corrected chi connectivity index (χ3v) is 7.33. The molecule has 1 aromatic heterocycles. The highest BCUT2D eigenvalue weighted by Gasteiger charge is 2.21. The van der Waals surface area contributed by atoms with Crippen LogP contribution in [0.1, 0.15) is 109 Å². The monoisotopic (exact) mass is 438 g/mol. The predicted molar refractivity (Wildman–Crippen MR) is 133 cm³/mol. The number of hydrogen-bond donors (Lipinski definition) is 0. The Morgan fingerprint density at radius 2 is 1.44 bits per heavy atom. The van der Waals surface area contributed by atoms with Crippen molar-refractivity contribution in [2.24, 2.45) is 11.8 Å². The topological polar surface area (TPSA) is 25.8 Å². The fraction of sp³-hybridized carbons (Fsp3) is 0.655. The Morgan fingerprint density at radius 3 is 2.09 bits per heavy atom. The summed E-state index contributed by atoms with van der Waals surface area (Å²) in [6.45, 7) is 4.52. The molecule has 1 saturated carbocycles. The number of unbranched alkanes of at least 4 members (excludes halogenated alkanes) is 5. The van der Waals surface area contributed by atoms with E-state index in [9.17, 15) is 4.39 Å². The van der Waals surface area contributed by atoms with Gasteiger partial charge in [-0.1, -0.05) is 109 Å². The van der Waals surface area contributed by atoms with E-state index in [4.69, 9.17) is 0 Å². The van der Waals surface area contributed by atoms with Gasteiger partial charge in [-0.2, -0.15) is 4.39 Å². The van der Waals surface area contributed by atoms with E-state index in [2.05, 4.69) is 35.9 Å². The van der Waals surface area contributed by atoms with E-state index in [1.807, 2.05) is 12.1 Å². The minimum absolute atomic E-state index is 0.384. The molecule has 1 fully saturated rings. The highest BCUT2D eigenvalue weighted by molar-refractivity contribution is 5.62. The van der Waals surface area contributed by atoms with Crippen LogP contribution >= 0.6 is 0 Å². The van der Waals surface area contributed by atoms with Crippen molar-refractivity contribution in [1.82, 2.24) is 9.97 Å². The molecule has 3 rings (SSSR count). The van der Waals surface area contributed by atoms with Crippen LogP contribution in [0.4, 0.5) is 4.39 Å². The summed E-state index contributed by atoms with van der Waals surface area (Å²) in [5.74, 6) is 1.97. The normalized spacial score (nSPS) is 18.7. The van der Waals surface area contributed by atoms with Gasteiger partial charge in [-0.3, -0.25) is 0 Å². The molecule has 0 bridgehead atoms. The average Bonchev–Trinajstić information content (AvgIpc) is 2.82. The largest absolute Gasteiger partial charge is 0.241 e. The summed E-state index contributed by atoms with van der Waals surface area (Å²) in [5.41, 5.74) is 2.71. The highest BCUT2D eigenvalue weighted by atomic mass is 19.1. The lowest BCUT2D eigenvalue weighted by atomic mass is 9.78. The first-order valence-electron chi connectivity index (χ1n) is 13.3. The lowest BCUT2D eigenvalue weighted by molar-refractivity contribution is 0.249. The van der Waals surface area contributed by atoms with Gasteiger partial charge in [0.25, 0.3) is 0 Å². The maximum atomic E-state index is 14.7. The van der Waals surface area contributed by atoms with Crippen molar-refractivity contribution < 1.29 is 4.39 Å². The maximum absolute atomic E-state index is 14.7. The third-order valence-electron chi connectivity index (χ3n) is 7.33. The Bertz CT molecular complexity index is 778. The SMILES string of the molecule is CCCCCCCc1ccc(-c2cnc(CCC3CCC(CCCC)CC3)nc2F)cc1. The lowest BCUT2D eigenvalue weighted by Gasteiger charge is -2.28. The van der Waals surface area contributed by atoms with Crippen LogP contribution in [0.25, 0.3) is 11.1 Å². The van der Waals surface area contributed by atoms with Crippen LogP contribution < -0.4 is 0 Å². The minimum atomic E-state index is -0.384. The van der Waals surface area contributed by atoms with Gasteiger partial charge in [0.05, 0.1) is 5.56 Å². The van der Waals surface area contributed by atoms with Crippen LogP contribution in [0.5, 0.6) is 0 Å².